The Kier molecular flexibility index (Phi) is 5.74. The first kappa shape index (κ1) is 16.0. The number of rotatable bonds is 1. The first-order chi connectivity index (χ1) is 7.08. The molecule has 0 radical (unpaired) electrons. The molecule has 1 saturated heterocycles. The van der Waals surface area contributed by atoms with Crippen LogP contribution in [0.5, 0.6) is 0 Å². The maximum Gasteiger partial charge on any atom is 0.329 e. The third-order valence-electron chi connectivity index (χ3n) is 2.70. The molecule has 8 heteroatoms. The monoisotopic (exact) mass is 282 g/mol. The van der Waals surface area contributed by atoms with Crippen LogP contribution in [0.3, 0.4) is 0 Å². The van der Waals surface area contributed by atoms with E-state index < -0.39 is 5.69 Å². The van der Waals surface area contributed by atoms with E-state index in [0.29, 0.717) is 12.4 Å². The quantitative estimate of drug-likeness (QED) is 0.724. The van der Waals surface area contributed by atoms with E-state index in [9.17, 15) is 9.59 Å². The van der Waals surface area contributed by atoms with Crippen LogP contribution in [0, 0.1) is 0 Å². The molecular formula is C9H16Cl2N4O2. The molecule has 2 heterocycles. The van der Waals surface area contributed by atoms with Crippen LogP contribution in [0.25, 0.3) is 0 Å². The van der Waals surface area contributed by atoms with Gasteiger partial charge in [0, 0.05) is 32.2 Å². The molecule has 0 amide bonds. The van der Waals surface area contributed by atoms with Gasteiger partial charge in [0.05, 0.1) is 0 Å². The van der Waals surface area contributed by atoms with Crippen molar-refractivity contribution in [3.63, 3.8) is 0 Å². The van der Waals surface area contributed by atoms with Crippen LogP contribution in [-0.2, 0) is 7.05 Å². The Labute approximate surface area is 111 Å². The van der Waals surface area contributed by atoms with Gasteiger partial charge in [-0.1, -0.05) is 0 Å². The predicted octanol–water partition coefficient (Wildman–Crippen LogP) is -0.545. The van der Waals surface area contributed by atoms with Crippen LogP contribution in [-0.4, -0.2) is 28.7 Å². The minimum absolute atomic E-state index is 0. The lowest BCUT2D eigenvalue weighted by Gasteiger charge is -2.16. The van der Waals surface area contributed by atoms with E-state index in [-0.39, 0.29) is 36.4 Å². The van der Waals surface area contributed by atoms with E-state index in [2.05, 4.69) is 4.98 Å². The first-order valence-corrected chi connectivity index (χ1v) is 4.89. The van der Waals surface area contributed by atoms with E-state index in [4.69, 9.17) is 5.73 Å². The molecule has 17 heavy (non-hydrogen) atoms. The van der Waals surface area contributed by atoms with E-state index in [1.165, 1.54) is 13.1 Å². The Morgan fingerprint density at radius 1 is 1.41 bits per heavy atom. The van der Waals surface area contributed by atoms with Crippen molar-refractivity contribution in [2.75, 3.05) is 18.0 Å². The second kappa shape index (κ2) is 6.09. The number of aromatic amines is 1. The van der Waals surface area contributed by atoms with Crippen molar-refractivity contribution in [3.05, 3.63) is 26.9 Å². The van der Waals surface area contributed by atoms with Gasteiger partial charge in [-0.05, 0) is 6.42 Å². The van der Waals surface area contributed by atoms with Crippen molar-refractivity contribution < 1.29 is 0 Å². The maximum atomic E-state index is 11.4. The summed E-state index contributed by atoms with van der Waals surface area (Å²) in [5.74, 6) is 0.566. The van der Waals surface area contributed by atoms with Gasteiger partial charge >= 0.3 is 5.69 Å². The molecule has 1 atom stereocenters. The van der Waals surface area contributed by atoms with Crippen LogP contribution < -0.4 is 21.9 Å². The number of nitrogens with zero attached hydrogens (tertiary/aromatic N) is 2. The predicted molar refractivity (Wildman–Crippen MR) is 71.6 cm³/mol. The number of halogens is 2. The summed E-state index contributed by atoms with van der Waals surface area (Å²) < 4.78 is 1.04. The van der Waals surface area contributed by atoms with E-state index >= 15 is 0 Å². The Morgan fingerprint density at radius 3 is 2.53 bits per heavy atom. The number of nitrogens with two attached hydrogens (primary N) is 1. The average molecular weight is 283 g/mol. The van der Waals surface area contributed by atoms with Crippen molar-refractivity contribution in [2.24, 2.45) is 12.8 Å². The van der Waals surface area contributed by atoms with Crippen molar-refractivity contribution in [1.29, 1.82) is 0 Å². The number of nitrogens with one attached hydrogen (secondary N) is 1. The second-order valence-corrected chi connectivity index (χ2v) is 3.85. The molecule has 3 N–H and O–H groups in total. The van der Waals surface area contributed by atoms with Gasteiger partial charge in [0.2, 0.25) is 0 Å². The first-order valence-electron chi connectivity index (χ1n) is 4.89. The smallest absolute Gasteiger partial charge is 0.329 e. The standard InChI is InChI=1S/C9H14N4O2.2ClH/c1-12-8(14)4-7(11-9(12)15)13-3-2-6(10)5-13;;/h4,6H,2-3,5,10H2,1H3,(H,11,15);2*1H. The third-order valence-corrected chi connectivity index (χ3v) is 2.70. The molecule has 0 saturated carbocycles. The fourth-order valence-electron chi connectivity index (χ4n) is 1.72. The molecule has 0 spiro atoms. The van der Waals surface area contributed by atoms with Gasteiger partial charge in [-0.25, -0.2) is 4.79 Å². The molecule has 1 unspecified atom stereocenters. The highest BCUT2D eigenvalue weighted by atomic mass is 35.5. The molecule has 6 nitrogen and oxygen atoms in total. The van der Waals surface area contributed by atoms with Crippen molar-refractivity contribution in [3.8, 4) is 0 Å². The molecule has 0 bridgehead atoms. The summed E-state index contributed by atoms with van der Waals surface area (Å²) in [4.78, 5) is 27.3. The molecule has 1 fully saturated rings. The largest absolute Gasteiger partial charge is 0.356 e. The topological polar surface area (TPSA) is 84.1 Å². The van der Waals surface area contributed by atoms with Crippen LogP contribution in [0.4, 0.5) is 5.82 Å². The number of H-pyrrole nitrogens is 1. The van der Waals surface area contributed by atoms with Crippen LogP contribution in [0.2, 0.25) is 0 Å². The van der Waals surface area contributed by atoms with Gasteiger partial charge in [0.15, 0.2) is 0 Å². The molecule has 0 aromatic carbocycles. The molecule has 98 valence electrons. The molecular weight excluding hydrogens is 267 g/mol. The maximum absolute atomic E-state index is 11.4. The van der Waals surface area contributed by atoms with Gasteiger partial charge < -0.3 is 10.6 Å². The summed E-state index contributed by atoms with van der Waals surface area (Å²) in [7, 11) is 1.45. The molecule has 1 aliphatic heterocycles. The van der Waals surface area contributed by atoms with Gasteiger partial charge in [0.25, 0.3) is 5.56 Å². The Balaban J connectivity index is 0.00000128. The SMILES string of the molecule is Cl.Cl.Cn1c(=O)cc(N2CCC(N)C2)[nH]c1=O. The summed E-state index contributed by atoms with van der Waals surface area (Å²) in [6.07, 6.45) is 0.886. The number of hydrogen-bond acceptors (Lipinski definition) is 4. The molecule has 2 rings (SSSR count). The number of hydrogen-bond donors (Lipinski definition) is 2. The molecule has 1 aromatic heterocycles. The van der Waals surface area contributed by atoms with Crippen molar-refractivity contribution >= 4 is 30.6 Å². The van der Waals surface area contributed by atoms with E-state index in [0.717, 1.165) is 17.5 Å². The summed E-state index contributed by atoms with van der Waals surface area (Å²) in [5, 5.41) is 0. The van der Waals surface area contributed by atoms with Crippen molar-refractivity contribution in [1.82, 2.24) is 9.55 Å². The Bertz CT molecular complexity index is 453. The number of aromatic nitrogens is 2. The summed E-state index contributed by atoms with van der Waals surface area (Å²) in [6, 6.07) is 1.55. The number of anilines is 1. The lowest BCUT2D eigenvalue weighted by molar-refractivity contribution is 0.744. The van der Waals surface area contributed by atoms with Gasteiger partial charge in [-0.3, -0.25) is 14.3 Å². The summed E-state index contributed by atoms with van der Waals surface area (Å²) in [5.41, 5.74) is 5.06. The highest BCUT2D eigenvalue weighted by Crippen LogP contribution is 2.13. The van der Waals surface area contributed by atoms with E-state index in [1.807, 2.05) is 4.90 Å². The van der Waals surface area contributed by atoms with Crippen LogP contribution in [0.1, 0.15) is 6.42 Å². The highest BCUT2D eigenvalue weighted by molar-refractivity contribution is 5.85. The second-order valence-electron chi connectivity index (χ2n) is 3.85. The Hall–Kier alpha value is -0.980. The van der Waals surface area contributed by atoms with Gasteiger partial charge in [0.1, 0.15) is 5.82 Å². The molecule has 1 aromatic rings. The van der Waals surface area contributed by atoms with Crippen LogP contribution in [0.15, 0.2) is 15.7 Å². The normalized spacial score (nSPS) is 18.5. The van der Waals surface area contributed by atoms with E-state index in [1.54, 1.807) is 0 Å². The lowest BCUT2D eigenvalue weighted by Crippen LogP contribution is -2.35. The minimum Gasteiger partial charge on any atom is -0.356 e. The average Bonchev–Trinajstić information content (AvgIpc) is 2.60. The fraction of sp³-hybridized carbons (Fsp3) is 0.556. The van der Waals surface area contributed by atoms with Crippen molar-refractivity contribution in [2.45, 2.75) is 12.5 Å². The molecule has 1 aliphatic rings. The fourth-order valence-corrected chi connectivity index (χ4v) is 1.72. The molecule has 0 aliphatic carbocycles. The van der Waals surface area contributed by atoms with Gasteiger partial charge in [-0.15, -0.1) is 24.8 Å². The third kappa shape index (κ3) is 3.24. The van der Waals surface area contributed by atoms with Crippen LogP contribution >= 0.6 is 24.8 Å². The zero-order valence-corrected chi connectivity index (χ0v) is 11.0. The minimum atomic E-state index is -0.391. The Morgan fingerprint density at radius 2 is 2.06 bits per heavy atom. The highest BCUT2D eigenvalue weighted by Gasteiger charge is 2.20. The zero-order chi connectivity index (χ0) is 11.0. The summed E-state index contributed by atoms with van der Waals surface area (Å²) in [6.45, 7) is 1.47. The lowest BCUT2D eigenvalue weighted by atomic mass is 10.3. The summed E-state index contributed by atoms with van der Waals surface area (Å²) >= 11 is 0. The zero-order valence-electron chi connectivity index (χ0n) is 9.38. The van der Waals surface area contributed by atoms with Gasteiger partial charge in [-0.2, -0.15) is 0 Å².